The van der Waals surface area contributed by atoms with Crippen LogP contribution in [0.15, 0.2) is 40.9 Å². The molecule has 0 fully saturated rings. The Morgan fingerprint density at radius 2 is 1.82 bits per heavy atom. The smallest absolute Gasteiger partial charge is 0.348 e. The summed E-state index contributed by atoms with van der Waals surface area (Å²) >= 11 is 4.53. The maximum absolute atomic E-state index is 12.2. The molecule has 1 N–H and O–H groups in total. The fraction of sp³-hybridized carbons (Fsp3) is 0.250. The van der Waals surface area contributed by atoms with Crippen molar-refractivity contribution in [2.24, 2.45) is 0 Å². The lowest BCUT2D eigenvalue weighted by atomic mass is 10.1. The molecule has 1 heterocycles. The van der Waals surface area contributed by atoms with Gasteiger partial charge in [0.05, 0.1) is 12.0 Å². The third kappa shape index (κ3) is 4.42. The Hall–Kier alpha value is -1.66. The molecule has 0 bridgehead atoms. The van der Waals surface area contributed by atoms with E-state index in [1.165, 1.54) is 7.11 Å². The van der Waals surface area contributed by atoms with Gasteiger partial charge >= 0.3 is 5.97 Å². The second-order valence-electron chi connectivity index (χ2n) is 4.86. The highest BCUT2D eigenvalue weighted by Gasteiger charge is 2.15. The molecule has 2 rings (SSSR count). The molecule has 1 atom stereocenters. The van der Waals surface area contributed by atoms with Crippen molar-refractivity contribution in [3.63, 3.8) is 0 Å². The summed E-state index contributed by atoms with van der Waals surface area (Å²) in [5, 5.41) is 2.94. The minimum atomic E-state index is -0.424. The molecule has 1 aromatic heterocycles. The molecular formula is C16H16BrNO3S. The molecule has 2 aromatic rings. The lowest BCUT2D eigenvalue weighted by molar-refractivity contribution is 0.0606. The van der Waals surface area contributed by atoms with Crippen LogP contribution < -0.4 is 5.32 Å². The van der Waals surface area contributed by atoms with Gasteiger partial charge in [-0.1, -0.05) is 28.1 Å². The molecule has 4 nitrogen and oxygen atoms in total. The zero-order valence-corrected chi connectivity index (χ0v) is 14.7. The summed E-state index contributed by atoms with van der Waals surface area (Å²) in [6, 6.07) is 11.2. The van der Waals surface area contributed by atoms with Gasteiger partial charge in [0, 0.05) is 10.5 Å². The first-order valence-corrected chi connectivity index (χ1v) is 8.34. The highest BCUT2D eigenvalue weighted by molar-refractivity contribution is 9.10. The van der Waals surface area contributed by atoms with Crippen LogP contribution in [0.5, 0.6) is 0 Å². The number of esters is 1. The zero-order valence-electron chi connectivity index (χ0n) is 12.3. The van der Waals surface area contributed by atoms with Crippen molar-refractivity contribution in [3.05, 3.63) is 56.2 Å². The van der Waals surface area contributed by atoms with Crippen LogP contribution in [0.3, 0.4) is 0 Å². The van der Waals surface area contributed by atoms with Crippen molar-refractivity contribution < 1.29 is 14.3 Å². The van der Waals surface area contributed by atoms with Gasteiger partial charge in [0.2, 0.25) is 0 Å². The van der Waals surface area contributed by atoms with Crippen LogP contribution in [0.25, 0.3) is 0 Å². The molecule has 0 aliphatic heterocycles. The summed E-state index contributed by atoms with van der Waals surface area (Å²) < 4.78 is 5.66. The van der Waals surface area contributed by atoms with Gasteiger partial charge in [-0.3, -0.25) is 4.79 Å². The second kappa shape index (κ2) is 7.56. The Labute approximate surface area is 141 Å². The molecule has 1 amide bonds. The van der Waals surface area contributed by atoms with Crippen LogP contribution >= 0.6 is 27.3 Å². The number of hydrogen-bond donors (Lipinski definition) is 1. The van der Waals surface area contributed by atoms with Crippen molar-refractivity contribution in [3.8, 4) is 0 Å². The lowest BCUT2D eigenvalue weighted by Crippen LogP contribution is -2.33. The first-order chi connectivity index (χ1) is 10.5. The predicted octanol–water partition coefficient (Wildman–Crippen LogP) is 3.66. The summed E-state index contributed by atoms with van der Waals surface area (Å²) in [7, 11) is 1.32. The van der Waals surface area contributed by atoms with Gasteiger partial charge in [0.25, 0.3) is 5.91 Å². The van der Waals surface area contributed by atoms with E-state index in [9.17, 15) is 9.59 Å². The molecule has 1 unspecified atom stereocenters. The third-order valence-electron chi connectivity index (χ3n) is 3.05. The van der Waals surface area contributed by atoms with Gasteiger partial charge in [0.15, 0.2) is 0 Å². The highest BCUT2D eigenvalue weighted by Crippen LogP contribution is 2.18. The van der Waals surface area contributed by atoms with E-state index in [4.69, 9.17) is 0 Å². The third-order valence-corrected chi connectivity index (χ3v) is 4.64. The van der Waals surface area contributed by atoms with Crippen molar-refractivity contribution in [1.82, 2.24) is 5.32 Å². The minimum absolute atomic E-state index is 0.00245. The first-order valence-electron chi connectivity index (χ1n) is 6.73. The maximum atomic E-state index is 12.2. The number of ether oxygens (including phenoxy) is 1. The highest BCUT2D eigenvalue weighted by atomic mass is 79.9. The monoisotopic (exact) mass is 381 g/mol. The van der Waals surface area contributed by atoms with Crippen LogP contribution in [-0.4, -0.2) is 25.0 Å². The number of nitrogens with one attached hydrogen (secondary N) is 1. The van der Waals surface area contributed by atoms with Crippen LogP contribution in [-0.2, 0) is 11.2 Å². The number of thiophene rings is 1. The van der Waals surface area contributed by atoms with Crippen molar-refractivity contribution in [2.75, 3.05) is 7.11 Å². The second-order valence-corrected chi connectivity index (χ2v) is 6.86. The van der Waals surface area contributed by atoms with E-state index in [0.717, 1.165) is 27.8 Å². The molecule has 0 saturated heterocycles. The van der Waals surface area contributed by atoms with Crippen molar-refractivity contribution in [1.29, 1.82) is 0 Å². The SMILES string of the molecule is COC(=O)c1ccc(C(=O)NC(C)Cc2ccc(Br)cc2)s1. The summed E-state index contributed by atoms with van der Waals surface area (Å²) in [6.07, 6.45) is 0.744. The van der Waals surface area contributed by atoms with E-state index in [-0.39, 0.29) is 11.9 Å². The molecule has 6 heteroatoms. The van der Waals surface area contributed by atoms with Gasteiger partial charge in [-0.25, -0.2) is 4.79 Å². The van der Waals surface area contributed by atoms with E-state index in [2.05, 4.69) is 26.0 Å². The normalized spacial score (nSPS) is 11.8. The number of carbonyl (C=O) groups is 2. The molecule has 0 aliphatic rings. The quantitative estimate of drug-likeness (QED) is 0.803. The maximum Gasteiger partial charge on any atom is 0.348 e. The predicted molar refractivity (Wildman–Crippen MR) is 90.4 cm³/mol. The van der Waals surface area contributed by atoms with E-state index in [1.54, 1.807) is 12.1 Å². The Bertz CT molecular complexity index is 666. The van der Waals surface area contributed by atoms with Crippen molar-refractivity contribution in [2.45, 2.75) is 19.4 Å². The number of amides is 1. The van der Waals surface area contributed by atoms with Crippen molar-refractivity contribution >= 4 is 39.1 Å². The Morgan fingerprint density at radius 1 is 1.18 bits per heavy atom. The Morgan fingerprint density at radius 3 is 2.45 bits per heavy atom. The number of rotatable bonds is 5. The van der Waals surface area contributed by atoms with Gasteiger partial charge < -0.3 is 10.1 Å². The van der Waals surface area contributed by atoms with Gasteiger partial charge in [0.1, 0.15) is 4.88 Å². The van der Waals surface area contributed by atoms with Crippen LogP contribution in [0.1, 0.15) is 31.8 Å². The van der Waals surface area contributed by atoms with E-state index >= 15 is 0 Å². The molecule has 1 aromatic carbocycles. The fourth-order valence-corrected chi connectivity index (χ4v) is 3.08. The number of benzene rings is 1. The number of methoxy groups -OCH3 is 1. The standard InChI is InChI=1S/C16H16BrNO3S/c1-10(9-11-3-5-12(17)6-4-11)18-15(19)13-7-8-14(22-13)16(20)21-2/h3-8,10H,9H2,1-2H3,(H,18,19). The summed E-state index contributed by atoms with van der Waals surface area (Å²) in [6.45, 7) is 1.95. The van der Waals surface area contributed by atoms with Crippen LogP contribution in [0.4, 0.5) is 0 Å². The molecule has 116 valence electrons. The van der Waals surface area contributed by atoms with E-state index in [0.29, 0.717) is 9.75 Å². The molecule has 0 saturated carbocycles. The molecule has 0 radical (unpaired) electrons. The minimum Gasteiger partial charge on any atom is -0.465 e. The number of halogens is 1. The van der Waals surface area contributed by atoms with E-state index in [1.807, 2.05) is 31.2 Å². The van der Waals surface area contributed by atoms with Crippen LogP contribution in [0.2, 0.25) is 0 Å². The largest absolute Gasteiger partial charge is 0.465 e. The first kappa shape index (κ1) is 16.7. The zero-order chi connectivity index (χ0) is 16.1. The van der Waals surface area contributed by atoms with E-state index < -0.39 is 5.97 Å². The average molecular weight is 382 g/mol. The fourth-order valence-electron chi connectivity index (χ4n) is 1.99. The summed E-state index contributed by atoms with van der Waals surface area (Å²) in [4.78, 5) is 24.5. The average Bonchev–Trinajstić information content (AvgIpc) is 2.98. The Balaban J connectivity index is 1.94. The van der Waals surface area contributed by atoms with Gasteiger partial charge in [-0.2, -0.15) is 0 Å². The molecular weight excluding hydrogens is 366 g/mol. The van der Waals surface area contributed by atoms with Gasteiger partial charge in [-0.05, 0) is 43.2 Å². The van der Waals surface area contributed by atoms with Gasteiger partial charge in [-0.15, -0.1) is 11.3 Å². The molecule has 22 heavy (non-hydrogen) atoms. The number of carbonyl (C=O) groups excluding carboxylic acids is 2. The molecule has 0 aliphatic carbocycles. The molecule has 0 spiro atoms. The Kier molecular flexibility index (Phi) is 5.74. The van der Waals surface area contributed by atoms with Crippen LogP contribution in [0, 0.1) is 0 Å². The number of hydrogen-bond acceptors (Lipinski definition) is 4. The lowest BCUT2D eigenvalue weighted by Gasteiger charge is -2.13. The summed E-state index contributed by atoms with van der Waals surface area (Å²) in [5.41, 5.74) is 1.15. The topological polar surface area (TPSA) is 55.4 Å². The summed E-state index contributed by atoms with van der Waals surface area (Å²) in [5.74, 6) is -0.600.